The maximum atomic E-state index is 11.3. The van der Waals surface area contributed by atoms with Crippen LogP contribution in [-0.2, 0) is 17.1 Å². The predicted molar refractivity (Wildman–Crippen MR) is 156 cm³/mol. The highest BCUT2D eigenvalue weighted by Crippen LogP contribution is 2.39. The number of rotatable bonds is 20. The van der Waals surface area contributed by atoms with Gasteiger partial charge in [-0.25, -0.2) is 4.79 Å². The van der Waals surface area contributed by atoms with Gasteiger partial charge in [0.2, 0.25) is 0 Å². The Kier molecular flexibility index (Phi) is 15.9. The standard InChI is InChI=1S/C25H56O5Si4/c1-11-31(12-2,13-3)28-34(29-32(14-4,15-5)16-6,30-33(17-7,18-8)19-9)23-21-20-22-24(10)25(26)27/h22H,11-21,23H2,1-10H3,(H,26,27). The second-order valence-corrected chi connectivity index (χ2v) is 27.6. The first kappa shape index (κ1) is 34.0. The minimum Gasteiger partial charge on any atom is -0.478 e. The van der Waals surface area contributed by atoms with Gasteiger partial charge in [-0.1, -0.05) is 68.4 Å². The lowest BCUT2D eigenvalue weighted by Crippen LogP contribution is -2.64. The summed E-state index contributed by atoms with van der Waals surface area (Å²) < 4.78 is 22.2. The van der Waals surface area contributed by atoms with Gasteiger partial charge >= 0.3 is 14.8 Å². The van der Waals surface area contributed by atoms with Gasteiger partial charge in [-0.3, -0.25) is 0 Å². The summed E-state index contributed by atoms with van der Waals surface area (Å²) in [5.74, 6) is -0.842. The lowest BCUT2D eigenvalue weighted by atomic mass is 10.2. The van der Waals surface area contributed by atoms with Crippen LogP contribution in [0.15, 0.2) is 11.6 Å². The fourth-order valence-electron chi connectivity index (χ4n) is 4.83. The molecule has 0 aliphatic heterocycles. The molecule has 5 nitrogen and oxygen atoms in total. The van der Waals surface area contributed by atoms with Crippen molar-refractivity contribution < 1.29 is 22.2 Å². The Morgan fingerprint density at radius 2 is 0.941 bits per heavy atom. The van der Waals surface area contributed by atoms with E-state index in [1.54, 1.807) is 6.92 Å². The van der Waals surface area contributed by atoms with Crippen molar-refractivity contribution in [1.29, 1.82) is 0 Å². The third kappa shape index (κ3) is 9.44. The van der Waals surface area contributed by atoms with E-state index < -0.39 is 39.7 Å². The predicted octanol–water partition coefficient (Wildman–Crippen LogP) is 8.80. The molecule has 9 heteroatoms. The summed E-state index contributed by atoms with van der Waals surface area (Å²) in [6, 6.07) is 10.5. The van der Waals surface area contributed by atoms with Crippen molar-refractivity contribution in [2.45, 2.75) is 143 Å². The van der Waals surface area contributed by atoms with Crippen molar-refractivity contribution in [3.8, 4) is 0 Å². The largest absolute Gasteiger partial charge is 0.478 e. The maximum Gasteiger partial charge on any atom is 0.469 e. The zero-order valence-corrected chi connectivity index (χ0v) is 28.1. The Balaban J connectivity index is 6.61. The van der Waals surface area contributed by atoms with Crippen LogP contribution in [0, 0.1) is 0 Å². The minimum atomic E-state index is -2.98. The molecule has 0 aliphatic carbocycles. The summed E-state index contributed by atoms with van der Waals surface area (Å²) in [5.41, 5.74) is 0.410. The van der Waals surface area contributed by atoms with Crippen molar-refractivity contribution in [3.05, 3.63) is 11.6 Å². The van der Waals surface area contributed by atoms with Crippen LogP contribution in [0.25, 0.3) is 0 Å². The van der Waals surface area contributed by atoms with Gasteiger partial charge in [0.1, 0.15) is 0 Å². The van der Waals surface area contributed by atoms with Gasteiger partial charge in [-0.05, 0) is 74.2 Å². The average Bonchev–Trinajstić information content (AvgIpc) is 2.87. The first-order valence-corrected chi connectivity index (χ1v) is 23.5. The van der Waals surface area contributed by atoms with Crippen molar-refractivity contribution in [1.82, 2.24) is 0 Å². The van der Waals surface area contributed by atoms with E-state index in [4.69, 9.17) is 12.3 Å². The van der Waals surface area contributed by atoms with Crippen molar-refractivity contribution in [2.75, 3.05) is 0 Å². The van der Waals surface area contributed by atoms with Crippen LogP contribution < -0.4 is 0 Å². The summed E-state index contributed by atoms with van der Waals surface area (Å²) in [4.78, 5) is 11.3. The average molecular weight is 549 g/mol. The molecule has 0 bridgehead atoms. The number of carbonyl (C=O) groups is 1. The van der Waals surface area contributed by atoms with Crippen molar-refractivity contribution in [3.63, 3.8) is 0 Å². The molecule has 0 aromatic carbocycles. The molecule has 0 saturated heterocycles. The molecule has 0 saturated carbocycles. The topological polar surface area (TPSA) is 65.0 Å². The number of aliphatic carboxylic acids is 1. The van der Waals surface area contributed by atoms with E-state index in [2.05, 4.69) is 62.3 Å². The third-order valence-corrected chi connectivity index (χ3v) is 29.9. The quantitative estimate of drug-likeness (QED) is 0.0935. The van der Waals surface area contributed by atoms with Gasteiger partial charge in [-0.2, -0.15) is 0 Å². The molecule has 0 aliphatic rings. The van der Waals surface area contributed by atoms with Gasteiger partial charge in [0, 0.05) is 11.6 Å². The fraction of sp³-hybridized carbons (Fsp3) is 0.880. The van der Waals surface area contributed by atoms with Crippen LogP contribution in [-0.4, -0.2) is 44.8 Å². The molecule has 0 aromatic rings. The normalized spacial score (nSPS) is 14.0. The summed E-state index contributed by atoms with van der Waals surface area (Å²) in [6.07, 6.45) is 3.42. The summed E-state index contributed by atoms with van der Waals surface area (Å²) in [5, 5.41) is 9.27. The first-order valence-electron chi connectivity index (χ1n) is 14.0. The molecular weight excluding hydrogens is 493 g/mol. The number of unbranched alkanes of at least 4 members (excludes halogenated alkanes) is 1. The molecule has 0 radical (unpaired) electrons. The molecule has 0 heterocycles. The van der Waals surface area contributed by atoms with Crippen LogP contribution in [0.4, 0.5) is 0 Å². The van der Waals surface area contributed by atoms with Gasteiger partial charge in [-0.15, -0.1) is 0 Å². The van der Waals surface area contributed by atoms with E-state index in [1.807, 2.05) is 6.08 Å². The van der Waals surface area contributed by atoms with Crippen molar-refractivity contribution in [2.24, 2.45) is 0 Å². The molecule has 0 aromatic heterocycles. The highest BCUT2D eigenvalue weighted by atomic mass is 28.5. The molecule has 0 unspecified atom stereocenters. The summed E-state index contributed by atoms with van der Waals surface area (Å²) in [6.45, 7) is 22.2. The molecular formula is C25H56O5Si4. The summed E-state index contributed by atoms with van der Waals surface area (Å²) >= 11 is 0. The van der Waals surface area contributed by atoms with Gasteiger partial charge in [0.05, 0.1) is 0 Å². The number of carboxylic acid groups (broad SMARTS) is 1. The second kappa shape index (κ2) is 15.9. The number of hydrogen-bond donors (Lipinski definition) is 1. The van der Waals surface area contributed by atoms with Gasteiger partial charge < -0.3 is 17.5 Å². The van der Waals surface area contributed by atoms with Crippen LogP contribution in [0.1, 0.15) is 82.1 Å². The Labute approximate surface area is 215 Å². The zero-order chi connectivity index (χ0) is 26.5. The molecule has 0 spiro atoms. The Hall–Kier alpha value is -0.0425. The van der Waals surface area contributed by atoms with Crippen LogP contribution in [0.5, 0.6) is 0 Å². The van der Waals surface area contributed by atoms with Crippen LogP contribution in [0.2, 0.25) is 60.4 Å². The minimum absolute atomic E-state index is 0.410. The van der Waals surface area contributed by atoms with Crippen LogP contribution >= 0.6 is 0 Å². The highest BCUT2D eigenvalue weighted by molar-refractivity contribution is 6.92. The molecule has 202 valence electrons. The van der Waals surface area contributed by atoms with E-state index in [-0.39, 0.29) is 0 Å². The van der Waals surface area contributed by atoms with E-state index in [0.717, 1.165) is 73.3 Å². The number of carboxylic acids is 1. The van der Waals surface area contributed by atoms with E-state index in [9.17, 15) is 9.90 Å². The lowest BCUT2D eigenvalue weighted by molar-refractivity contribution is -0.132. The van der Waals surface area contributed by atoms with Crippen molar-refractivity contribution >= 4 is 39.7 Å². The molecule has 0 atom stereocenters. The Morgan fingerprint density at radius 1 is 0.647 bits per heavy atom. The highest BCUT2D eigenvalue weighted by Gasteiger charge is 2.54. The molecule has 1 N–H and O–H groups in total. The third-order valence-electron chi connectivity index (χ3n) is 8.39. The second-order valence-electron chi connectivity index (χ2n) is 9.80. The Morgan fingerprint density at radius 3 is 1.18 bits per heavy atom. The van der Waals surface area contributed by atoms with Gasteiger partial charge in [0.15, 0.2) is 25.0 Å². The number of hydrogen-bond acceptors (Lipinski definition) is 4. The first-order chi connectivity index (χ1) is 16.0. The monoisotopic (exact) mass is 548 g/mol. The molecule has 0 rings (SSSR count). The van der Waals surface area contributed by atoms with E-state index in [1.165, 1.54) is 0 Å². The van der Waals surface area contributed by atoms with Crippen LogP contribution in [0.3, 0.4) is 0 Å². The van der Waals surface area contributed by atoms with Gasteiger partial charge in [0.25, 0.3) is 0 Å². The molecule has 0 amide bonds. The SMILES string of the molecule is CC[Si](CC)(CC)O[Si](CCCC=C(C)C(=O)O)(O[Si](CC)(CC)CC)O[Si](CC)(CC)CC. The number of allylic oxidation sites excluding steroid dienone is 1. The zero-order valence-electron chi connectivity index (χ0n) is 24.1. The smallest absolute Gasteiger partial charge is 0.469 e. The maximum absolute atomic E-state index is 11.3. The summed E-state index contributed by atoms with van der Waals surface area (Å²) in [7, 11) is -8.93. The molecule has 0 fully saturated rings. The lowest BCUT2D eigenvalue weighted by Gasteiger charge is -2.48. The Bertz CT molecular complexity index is 535. The van der Waals surface area contributed by atoms with E-state index in [0.29, 0.717) is 5.57 Å². The fourth-order valence-corrected chi connectivity index (χ4v) is 25.9. The van der Waals surface area contributed by atoms with E-state index >= 15 is 0 Å². The molecule has 34 heavy (non-hydrogen) atoms.